The van der Waals surface area contributed by atoms with Crippen molar-refractivity contribution in [3.63, 3.8) is 0 Å². The molecule has 0 radical (unpaired) electrons. The van der Waals surface area contributed by atoms with E-state index >= 15 is 0 Å². The molecule has 1 aliphatic rings. The Labute approximate surface area is 223 Å². The summed E-state index contributed by atoms with van der Waals surface area (Å²) in [5, 5.41) is 14.4. The normalized spacial score (nSPS) is 16.0. The molecule has 1 N–H and O–H groups in total. The molecule has 0 spiro atoms. The Kier molecular flexibility index (Phi) is 8.87. The summed E-state index contributed by atoms with van der Waals surface area (Å²) in [5.74, 6) is 6.61. The Balaban J connectivity index is 1.38. The van der Waals surface area contributed by atoms with Crippen LogP contribution >= 0.6 is 0 Å². The quantitative estimate of drug-likeness (QED) is 0.453. The zero-order valence-corrected chi connectivity index (χ0v) is 23.1. The first-order chi connectivity index (χ1) is 17.7. The van der Waals surface area contributed by atoms with Crippen LogP contribution in [0.4, 0.5) is 0 Å². The fraction of sp³-hybridized carbons (Fsp3) is 0.469. The van der Waals surface area contributed by atoms with Gasteiger partial charge < -0.3 is 5.11 Å². The number of rotatable bonds is 8. The van der Waals surface area contributed by atoms with Crippen LogP contribution in [0.1, 0.15) is 54.6 Å². The smallest absolute Gasteiger partial charge is 0.120 e. The Morgan fingerprint density at radius 2 is 1.73 bits per heavy atom. The van der Waals surface area contributed by atoms with Crippen molar-refractivity contribution >= 4 is 0 Å². The van der Waals surface area contributed by atoms with E-state index < -0.39 is 5.60 Å². The molecule has 1 aliphatic heterocycles. The molecule has 0 amide bonds. The number of likely N-dealkylation sites (N-methyl/N-ethyl adjacent to an activating group) is 1. The maximum Gasteiger partial charge on any atom is 0.120 e. The number of hydrogen-bond donors (Lipinski definition) is 1. The predicted molar refractivity (Wildman–Crippen MR) is 151 cm³/mol. The van der Waals surface area contributed by atoms with Crippen molar-refractivity contribution in [2.45, 2.75) is 64.8 Å². The van der Waals surface area contributed by atoms with Gasteiger partial charge in [0, 0.05) is 43.5 Å². The largest absolute Gasteiger partial charge is 0.378 e. The molecule has 0 bridgehead atoms. The van der Waals surface area contributed by atoms with E-state index in [9.17, 15) is 5.11 Å². The molecule has 0 aliphatic carbocycles. The van der Waals surface area contributed by atoms with Gasteiger partial charge >= 0.3 is 0 Å². The van der Waals surface area contributed by atoms with E-state index in [1.54, 1.807) is 13.8 Å². The second kappa shape index (κ2) is 12.1. The van der Waals surface area contributed by atoms with Gasteiger partial charge in [0.2, 0.25) is 0 Å². The average molecular weight is 499 g/mol. The van der Waals surface area contributed by atoms with Crippen molar-refractivity contribution in [1.82, 2.24) is 19.6 Å². The summed E-state index contributed by atoms with van der Waals surface area (Å²) in [6.45, 7) is 9.67. The standard InChI is InChI=1S/C32H42N4O/c1-25-30(24-35(5)33-25)23-34(4)31(21-27-9-7-6-8-10-27)29-16-19-36(20-17-29)22-28-13-11-26(12-14-28)15-18-32(2,3)37/h6-14,24,29,31,37H,16-17,19-23H2,1-5H3. The lowest BCUT2D eigenvalue weighted by Gasteiger charge is -2.40. The fourth-order valence-electron chi connectivity index (χ4n) is 5.40. The van der Waals surface area contributed by atoms with Crippen molar-refractivity contribution in [2.75, 3.05) is 20.1 Å². The molecule has 2 heterocycles. The van der Waals surface area contributed by atoms with Gasteiger partial charge in [-0.25, -0.2) is 0 Å². The molecule has 5 nitrogen and oxygen atoms in total. The van der Waals surface area contributed by atoms with Gasteiger partial charge in [0.1, 0.15) is 5.60 Å². The minimum atomic E-state index is -0.966. The van der Waals surface area contributed by atoms with Gasteiger partial charge in [0.05, 0.1) is 5.69 Å². The van der Waals surface area contributed by atoms with Gasteiger partial charge in [0.25, 0.3) is 0 Å². The lowest BCUT2D eigenvalue weighted by atomic mass is 9.84. The molecule has 5 heteroatoms. The zero-order chi connectivity index (χ0) is 26.4. The lowest BCUT2D eigenvalue weighted by Crippen LogP contribution is -2.45. The van der Waals surface area contributed by atoms with Crippen LogP contribution in [0.3, 0.4) is 0 Å². The van der Waals surface area contributed by atoms with Gasteiger partial charge in [0.15, 0.2) is 0 Å². The third kappa shape index (κ3) is 8.04. The minimum absolute atomic E-state index is 0.498. The third-order valence-electron chi connectivity index (χ3n) is 7.44. The van der Waals surface area contributed by atoms with Crippen molar-refractivity contribution in [3.05, 3.63) is 88.7 Å². The fourth-order valence-corrected chi connectivity index (χ4v) is 5.40. The summed E-state index contributed by atoms with van der Waals surface area (Å²) < 4.78 is 1.93. The Morgan fingerprint density at radius 3 is 2.32 bits per heavy atom. The third-order valence-corrected chi connectivity index (χ3v) is 7.44. The zero-order valence-electron chi connectivity index (χ0n) is 23.1. The highest BCUT2D eigenvalue weighted by atomic mass is 16.3. The molecule has 1 fully saturated rings. The molecule has 2 aromatic carbocycles. The highest BCUT2D eigenvalue weighted by Crippen LogP contribution is 2.28. The Hall–Kier alpha value is -2.91. The number of aryl methyl sites for hydroxylation is 2. The maximum absolute atomic E-state index is 9.83. The summed E-state index contributed by atoms with van der Waals surface area (Å²) in [5.41, 5.74) is 5.15. The van der Waals surface area contributed by atoms with E-state index in [0.717, 1.165) is 43.9 Å². The van der Waals surface area contributed by atoms with E-state index in [1.807, 2.05) is 11.7 Å². The molecule has 1 atom stereocenters. The van der Waals surface area contributed by atoms with Crippen LogP contribution in [0, 0.1) is 24.7 Å². The van der Waals surface area contributed by atoms with Gasteiger partial charge in [-0.1, -0.05) is 54.3 Å². The minimum Gasteiger partial charge on any atom is -0.378 e. The lowest BCUT2D eigenvalue weighted by molar-refractivity contribution is 0.0953. The SMILES string of the molecule is Cc1nn(C)cc1CN(C)C(Cc1ccccc1)C1CCN(Cc2ccc(C#CC(C)(C)O)cc2)CC1. The number of piperidine rings is 1. The molecule has 4 rings (SSSR count). The van der Waals surface area contributed by atoms with E-state index in [2.05, 4.69) is 102 Å². The maximum atomic E-state index is 9.83. The van der Waals surface area contributed by atoms with Crippen LogP contribution in [0.15, 0.2) is 60.8 Å². The van der Waals surface area contributed by atoms with E-state index in [1.165, 1.54) is 29.5 Å². The topological polar surface area (TPSA) is 44.5 Å². The summed E-state index contributed by atoms with van der Waals surface area (Å²) >= 11 is 0. The molecule has 1 unspecified atom stereocenters. The Bertz CT molecular complexity index is 1190. The molecule has 0 saturated carbocycles. The summed E-state index contributed by atoms with van der Waals surface area (Å²) in [7, 11) is 4.29. The van der Waals surface area contributed by atoms with E-state index in [-0.39, 0.29) is 0 Å². The van der Waals surface area contributed by atoms with Crippen LogP contribution in [-0.2, 0) is 26.6 Å². The van der Waals surface area contributed by atoms with E-state index in [4.69, 9.17) is 0 Å². The summed E-state index contributed by atoms with van der Waals surface area (Å²) in [6, 6.07) is 19.9. The van der Waals surface area contributed by atoms with Crippen LogP contribution in [-0.4, -0.2) is 56.5 Å². The second-order valence-corrected chi connectivity index (χ2v) is 11.2. The molecular weight excluding hydrogens is 456 g/mol. The monoisotopic (exact) mass is 498 g/mol. The number of hydrogen-bond acceptors (Lipinski definition) is 4. The van der Waals surface area contributed by atoms with Crippen molar-refractivity contribution in [2.24, 2.45) is 13.0 Å². The van der Waals surface area contributed by atoms with Crippen molar-refractivity contribution in [1.29, 1.82) is 0 Å². The number of nitrogens with zero attached hydrogens (tertiary/aromatic N) is 4. The van der Waals surface area contributed by atoms with Gasteiger partial charge in [-0.05, 0) is 89.3 Å². The molecule has 37 heavy (non-hydrogen) atoms. The van der Waals surface area contributed by atoms with Gasteiger partial charge in [-0.15, -0.1) is 0 Å². The van der Waals surface area contributed by atoms with Crippen LogP contribution < -0.4 is 0 Å². The average Bonchev–Trinajstić information content (AvgIpc) is 3.19. The molecular formula is C32H42N4O. The van der Waals surface area contributed by atoms with Gasteiger partial charge in [-0.2, -0.15) is 5.10 Å². The molecule has 196 valence electrons. The Morgan fingerprint density at radius 1 is 1.05 bits per heavy atom. The molecule has 3 aromatic rings. The second-order valence-electron chi connectivity index (χ2n) is 11.2. The van der Waals surface area contributed by atoms with Crippen LogP contribution in [0.2, 0.25) is 0 Å². The highest BCUT2D eigenvalue weighted by Gasteiger charge is 2.30. The first kappa shape index (κ1) is 27.1. The van der Waals surface area contributed by atoms with E-state index in [0.29, 0.717) is 12.0 Å². The first-order valence-corrected chi connectivity index (χ1v) is 13.5. The number of aromatic nitrogens is 2. The van der Waals surface area contributed by atoms with Crippen molar-refractivity contribution < 1.29 is 5.11 Å². The number of aliphatic hydroxyl groups is 1. The molecule has 1 saturated heterocycles. The molecule has 1 aromatic heterocycles. The highest BCUT2D eigenvalue weighted by molar-refractivity contribution is 5.37. The number of likely N-dealkylation sites (tertiary alicyclic amines) is 1. The first-order valence-electron chi connectivity index (χ1n) is 13.5. The van der Waals surface area contributed by atoms with Gasteiger partial charge in [-0.3, -0.25) is 14.5 Å². The summed E-state index contributed by atoms with van der Waals surface area (Å²) in [6.07, 6.45) is 5.66. The predicted octanol–water partition coefficient (Wildman–Crippen LogP) is 4.81. The summed E-state index contributed by atoms with van der Waals surface area (Å²) in [4.78, 5) is 5.14. The van der Waals surface area contributed by atoms with Crippen molar-refractivity contribution in [3.8, 4) is 11.8 Å². The number of benzene rings is 2. The van der Waals surface area contributed by atoms with Crippen LogP contribution in [0.25, 0.3) is 0 Å². The van der Waals surface area contributed by atoms with Crippen LogP contribution in [0.5, 0.6) is 0 Å².